The van der Waals surface area contributed by atoms with Crippen LogP contribution in [-0.4, -0.2) is 99.1 Å². The van der Waals surface area contributed by atoms with E-state index in [1.807, 2.05) is 11.9 Å². The number of hydrogen-bond acceptors (Lipinski definition) is 8. The van der Waals surface area contributed by atoms with Gasteiger partial charge in [-0.2, -0.15) is 0 Å². The first-order chi connectivity index (χ1) is 12.7. The molecule has 27 heavy (non-hydrogen) atoms. The highest BCUT2D eigenvalue weighted by molar-refractivity contribution is 7.99. The fourth-order valence-corrected chi connectivity index (χ4v) is 4.81. The molecular weight excluding hydrogens is 372 g/mol. The third kappa shape index (κ3) is 5.14. The Bertz CT molecular complexity index is 494. The molecule has 0 aromatic heterocycles. The summed E-state index contributed by atoms with van der Waals surface area (Å²) >= 11 is 1.20. The molecule has 2 saturated heterocycles. The Morgan fingerprint density at radius 3 is 2.52 bits per heavy atom. The van der Waals surface area contributed by atoms with E-state index in [4.69, 9.17) is 4.74 Å². The zero-order valence-corrected chi connectivity index (χ0v) is 17.3. The van der Waals surface area contributed by atoms with E-state index < -0.39 is 42.0 Å². The number of likely N-dealkylation sites (N-methyl/N-ethyl adjacent to an activating group) is 1. The number of rotatable bonds is 7. The Hall–Kier alpha value is -0.420. The number of nitrogens with one attached hydrogen (secondary N) is 1. The predicted molar refractivity (Wildman–Crippen MR) is 103 cm³/mol. The van der Waals surface area contributed by atoms with Crippen molar-refractivity contribution in [2.24, 2.45) is 5.92 Å². The Balaban J connectivity index is 2.09. The molecule has 0 aromatic carbocycles. The standard InChI is InChI=1S/C18H34N2O6S/c1-5-6-10-7-11(20(3)8-10)17(25)19-12(9(2)21)16-14(23)13(22)15(24)18(26-16)27-4/h9-16,18,21-24H,5-8H2,1-4H3,(H,19,25)/t9-,10+,11-,12+,13-,14+,15+,16+,18-/m0/s1. The summed E-state index contributed by atoms with van der Waals surface area (Å²) in [6.07, 6.45) is -1.50. The third-order valence-electron chi connectivity index (χ3n) is 5.66. The number of ether oxygens (including phenoxy) is 1. The summed E-state index contributed by atoms with van der Waals surface area (Å²) in [5, 5.41) is 43.5. The summed E-state index contributed by atoms with van der Waals surface area (Å²) in [6.45, 7) is 4.48. The second-order valence-corrected chi connectivity index (χ2v) is 8.73. The highest BCUT2D eigenvalue weighted by Gasteiger charge is 2.48. The van der Waals surface area contributed by atoms with Crippen molar-refractivity contribution in [1.82, 2.24) is 10.2 Å². The van der Waals surface area contributed by atoms with Gasteiger partial charge in [0.2, 0.25) is 5.91 Å². The molecule has 9 atom stereocenters. The number of hydrogen-bond donors (Lipinski definition) is 5. The van der Waals surface area contributed by atoms with Gasteiger partial charge in [0.25, 0.3) is 0 Å². The average Bonchev–Trinajstić information content (AvgIpc) is 2.99. The molecule has 2 aliphatic heterocycles. The summed E-state index contributed by atoms with van der Waals surface area (Å²) in [4.78, 5) is 14.9. The molecule has 0 aromatic rings. The fraction of sp³-hybridized carbons (Fsp3) is 0.944. The second-order valence-electron chi connectivity index (χ2n) is 7.80. The van der Waals surface area contributed by atoms with Crippen LogP contribution in [0.4, 0.5) is 0 Å². The van der Waals surface area contributed by atoms with Crippen LogP contribution in [0.1, 0.15) is 33.1 Å². The van der Waals surface area contributed by atoms with Crippen molar-refractivity contribution in [2.75, 3.05) is 19.8 Å². The molecule has 2 aliphatic rings. The molecule has 0 bridgehead atoms. The number of carbonyl (C=O) groups is 1. The van der Waals surface area contributed by atoms with Crippen LogP contribution in [0, 0.1) is 5.92 Å². The lowest BCUT2D eigenvalue weighted by Gasteiger charge is -2.44. The summed E-state index contributed by atoms with van der Waals surface area (Å²) in [5.74, 6) is 0.245. The first-order valence-electron chi connectivity index (χ1n) is 9.62. The van der Waals surface area contributed by atoms with Gasteiger partial charge in [-0.3, -0.25) is 9.69 Å². The fourth-order valence-electron chi connectivity index (χ4n) is 4.13. The number of amides is 1. The van der Waals surface area contributed by atoms with Gasteiger partial charge in [-0.25, -0.2) is 0 Å². The van der Waals surface area contributed by atoms with Crippen LogP contribution < -0.4 is 5.32 Å². The molecule has 0 saturated carbocycles. The first-order valence-corrected chi connectivity index (χ1v) is 10.9. The molecule has 9 heteroatoms. The van der Waals surface area contributed by atoms with Crippen molar-refractivity contribution >= 4 is 17.7 Å². The van der Waals surface area contributed by atoms with E-state index in [2.05, 4.69) is 12.2 Å². The SMILES string of the molecule is CCC[C@@H]1C[C@@H](C(=O)N[C@@H]([C@H]2O[C@@H](SC)[C@H](O)[C@@H](O)[C@H]2O)[C@H](C)O)N(C)C1. The Morgan fingerprint density at radius 2 is 1.96 bits per heavy atom. The van der Waals surface area contributed by atoms with Crippen molar-refractivity contribution in [1.29, 1.82) is 0 Å². The Morgan fingerprint density at radius 1 is 1.30 bits per heavy atom. The van der Waals surface area contributed by atoms with E-state index in [-0.39, 0.29) is 11.9 Å². The molecule has 1 amide bonds. The zero-order chi connectivity index (χ0) is 20.3. The van der Waals surface area contributed by atoms with Crippen molar-refractivity contribution in [3.05, 3.63) is 0 Å². The maximum Gasteiger partial charge on any atom is 0.237 e. The number of likely N-dealkylation sites (tertiary alicyclic amines) is 1. The van der Waals surface area contributed by atoms with Crippen LogP contribution in [0.5, 0.6) is 0 Å². The molecular formula is C18H34N2O6S. The largest absolute Gasteiger partial charge is 0.391 e. The molecule has 5 N–H and O–H groups in total. The number of carbonyl (C=O) groups excluding carboxylic acids is 1. The summed E-state index contributed by atoms with van der Waals surface area (Å²) in [6, 6.07) is -1.20. The van der Waals surface area contributed by atoms with E-state index in [0.29, 0.717) is 5.92 Å². The number of thioether (sulfide) groups is 1. The molecule has 0 radical (unpaired) electrons. The quantitative estimate of drug-likeness (QED) is 0.370. The van der Waals surface area contributed by atoms with Gasteiger partial charge >= 0.3 is 0 Å². The highest BCUT2D eigenvalue weighted by atomic mass is 32.2. The molecule has 2 fully saturated rings. The predicted octanol–water partition coefficient (Wildman–Crippen LogP) is -0.857. The van der Waals surface area contributed by atoms with Crippen molar-refractivity contribution in [2.45, 2.75) is 81.1 Å². The van der Waals surface area contributed by atoms with E-state index in [0.717, 1.165) is 25.8 Å². The van der Waals surface area contributed by atoms with Crippen LogP contribution >= 0.6 is 11.8 Å². The minimum absolute atomic E-state index is 0.223. The first kappa shape index (κ1) is 22.9. The average molecular weight is 407 g/mol. The lowest BCUT2D eigenvalue weighted by molar-refractivity contribution is -0.211. The van der Waals surface area contributed by atoms with Gasteiger partial charge in [0.15, 0.2) is 0 Å². The van der Waals surface area contributed by atoms with Crippen LogP contribution in [-0.2, 0) is 9.53 Å². The number of aliphatic hydroxyl groups excluding tert-OH is 4. The molecule has 0 unspecified atom stereocenters. The van der Waals surface area contributed by atoms with Crippen LogP contribution in [0.3, 0.4) is 0 Å². The highest BCUT2D eigenvalue weighted by Crippen LogP contribution is 2.30. The van der Waals surface area contributed by atoms with Gasteiger partial charge in [0.05, 0.1) is 18.2 Å². The zero-order valence-electron chi connectivity index (χ0n) is 16.5. The van der Waals surface area contributed by atoms with E-state index in [9.17, 15) is 25.2 Å². The van der Waals surface area contributed by atoms with Crippen LogP contribution in [0.2, 0.25) is 0 Å². The molecule has 8 nitrogen and oxygen atoms in total. The van der Waals surface area contributed by atoms with Crippen LogP contribution in [0.15, 0.2) is 0 Å². The van der Waals surface area contributed by atoms with Gasteiger partial charge < -0.3 is 30.5 Å². The molecule has 158 valence electrons. The summed E-state index contributed by atoms with van der Waals surface area (Å²) < 4.78 is 5.72. The van der Waals surface area contributed by atoms with Gasteiger partial charge in [0.1, 0.15) is 29.9 Å². The molecule has 0 aliphatic carbocycles. The van der Waals surface area contributed by atoms with Crippen LogP contribution in [0.25, 0.3) is 0 Å². The maximum absolute atomic E-state index is 12.8. The number of nitrogens with zero attached hydrogens (tertiary/aromatic N) is 1. The summed E-state index contributed by atoms with van der Waals surface area (Å²) in [7, 11) is 1.91. The van der Waals surface area contributed by atoms with Crippen molar-refractivity contribution < 1.29 is 30.0 Å². The van der Waals surface area contributed by atoms with Crippen molar-refractivity contribution in [3.8, 4) is 0 Å². The third-order valence-corrected chi connectivity index (χ3v) is 6.51. The van der Waals surface area contributed by atoms with Crippen molar-refractivity contribution in [3.63, 3.8) is 0 Å². The van der Waals surface area contributed by atoms with Gasteiger partial charge in [-0.1, -0.05) is 13.3 Å². The normalized spacial score (nSPS) is 39.9. The second kappa shape index (κ2) is 9.87. The Labute approximate surface area is 165 Å². The molecule has 2 heterocycles. The van der Waals surface area contributed by atoms with Gasteiger partial charge in [-0.05, 0) is 39.0 Å². The van der Waals surface area contributed by atoms with Gasteiger partial charge in [-0.15, -0.1) is 11.8 Å². The van der Waals surface area contributed by atoms with Gasteiger partial charge in [0, 0.05) is 6.54 Å². The minimum atomic E-state index is -1.42. The lowest BCUT2D eigenvalue weighted by atomic mass is 9.92. The Kier molecular flexibility index (Phi) is 8.35. The molecule has 0 spiro atoms. The maximum atomic E-state index is 12.8. The van der Waals surface area contributed by atoms with E-state index >= 15 is 0 Å². The minimum Gasteiger partial charge on any atom is -0.391 e. The smallest absolute Gasteiger partial charge is 0.237 e. The topological polar surface area (TPSA) is 122 Å². The van der Waals surface area contributed by atoms with E-state index in [1.54, 1.807) is 6.26 Å². The summed E-state index contributed by atoms with van der Waals surface area (Å²) in [5.41, 5.74) is -0.755. The monoisotopic (exact) mass is 406 g/mol. The lowest BCUT2D eigenvalue weighted by Crippen LogP contribution is -2.65. The number of aliphatic hydroxyl groups is 4. The molecule has 2 rings (SSSR count). The van der Waals surface area contributed by atoms with E-state index in [1.165, 1.54) is 18.7 Å².